The minimum Gasteiger partial charge on any atom is -0.462 e. The van der Waals surface area contributed by atoms with Gasteiger partial charge in [-0.15, -0.1) is 0 Å². The molecule has 0 spiro atoms. The maximum absolute atomic E-state index is 12.0. The van der Waals surface area contributed by atoms with Crippen LogP contribution < -0.4 is 11.1 Å². The average molecular weight is 278 g/mol. The summed E-state index contributed by atoms with van der Waals surface area (Å²) >= 11 is 0. The zero-order chi connectivity index (χ0) is 15.3. The summed E-state index contributed by atoms with van der Waals surface area (Å²) < 4.78 is 5.07. The Bertz CT molecular complexity index is 468. The van der Waals surface area contributed by atoms with Crippen LogP contribution in [0, 0.1) is 11.3 Å². The van der Waals surface area contributed by atoms with E-state index in [9.17, 15) is 4.79 Å². The molecule has 0 fully saturated rings. The third-order valence-electron chi connectivity index (χ3n) is 3.84. The molecule has 1 rings (SSSR count). The quantitative estimate of drug-likeness (QED) is 0.617. The van der Waals surface area contributed by atoms with E-state index in [1.54, 1.807) is 19.1 Å². The largest absolute Gasteiger partial charge is 0.462 e. The van der Waals surface area contributed by atoms with Gasteiger partial charge in [-0.3, -0.25) is 0 Å². The number of carbonyl (C=O) groups excluding carboxylic acids is 1. The third kappa shape index (κ3) is 4.15. The first-order valence-electron chi connectivity index (χ1n) is 7.08. The number of nitrogens with two attached hydrogens (primary N) is 1. The summed E-state index contributed by atoms with van der Waals surface area (Å²) in [7, 11) is 0. The van der Waals surface area contributed by atoms with E-state index in [0.29, 0.717) is 23.8 Å². The van der Waals surface area contributed by atoms with E-state index in [1.807, 2.05) is 6.07 Å². The fraction of sp³-hybridized carbons (Fsp3) is 0.562. The van der Waals surface area contributed by atoms with Crippen LogP contribution in [0.3, 0.4) is 0 Å². The fourth-order valence-electron chi connectivity index (χ4n) is 1.62. The highest BCUT2D eigenvalue weighted by Gasteiger charge is 2.23. The summed E-state index contributed by atoms with van der Waals surface area (Å²) in [6.07, 6.45) is 0. The number of anilines is 2. The number of esters is 1. The molecule has 1 aromatic carbocycles. The van der Waals surface area contributed by atoms with Gasteiger partial charge in [0.1, 0.15) is 0 Å². The topological polar surface area (TPSA) is 64.3 Å². The minimum absolute atomic E-state index is 0.132. The second kappa shape index (κ2) is 6.64. The minimum atomic E-state index is -0.343. The molecule has 0 aliphatic carbocycles. The van der Waals surface area contributed by atoms with Crippen molar-refractivity contribution in [1.29, 1.82) is 0 Å². The van der Waals surface area contributed by atoms with E-state index in [1.165, 1.54) is 0 Å². The first-order chi connectivity index (χ1) is 9.27. The number of benzene rings is 1. The molecule has 0 aromatic heterocycles. The third-order valence-corrected chi connectivity index (χ3v) is 3.84. The first kappa shape index (κ1) is 16.3. The maximum atomic E-state index is 12.0. The second-order valence-electron chi connectivity index (χ2n) is 6.02. The fourth-order valence-corrected chi connectivity index (χ4v) is 1.62. The Labute approximate surface area is 121 Å². The molecule has 1 aromatic rings. The number of hydrogen-bond donors (Lipinski definition) is 2. The number of nitrogens with one attached hydrogen (secondary N) is 1. The van der Waals surface area contributed by atoms with Gasteiger partial charge in [0.25, 0.3) is 0 Å². The summed E-state index contributed by atoms with van der Waals surface area (Å²) in [5.41, 5.74) is 7.71. The van der Waals surface area contributed by atoms with Gasteiger partial charge in [-0.25, -0.2) is 4.79 Å². The number of carbonyl (C=O) groups is 1. The zero-order valence-electron chi connectivity index (χ0n) is 13.1. The molecule has 0 aliphatic rings. The van der Waals surface area contributed by atoms with Gasteiger partial charge in [0.15, 0.2) is 0 Å². The van der Waals surface area contributed by atoms with Crippen LogP contribution in [-0.2, 0) is 4.74 Å². The lowest BCUT2D eigenvalue weighted by molar-refractivity contribution is 0.0527. The van der Waals surface area contributed by atoms with Crippen molar-refractivity contribution in [2.75, 3.05) is 24.2 Å². The van der Waals surface area contributed by atoms with Gasteiger partial charge in [0, 0.05) is 17.9 Å². The summed E-state index contributed by atoms with van der Waals surface area (Å²) in [5, 5.41) is 3.35. The zero-order valence-corrected chi connectivity index (χ0v) is 13.1. The van der Waals surface area contributed by atoms with Crippen molar-refractivity contribution in [2.45, 2.75) is 34.6 Å². The monoisotopic (exact) mass is 278 g/mol. The molecule has 0 saturated carbocycles. The lowest BCUT2D eigenvalue weighted by Crippen LogP contribution is -2.29. The highest BCUT2D eigenvalue weighted by Crippen LogP contribution is 2.28. The predicted octanol–water partition coefficient (Wildman–Crippen LogP) is 3.54. The summed E-state index contributed by atoms with van der Waals surface area (Å²) in [6, 6.07) is 5.27. The Morgan fingerprint density at radius 2 is 2.05 bits per heavy atom. The van der Waals surface area contributed by atoms with Crippen LogP contribution in [0.25, 0.3) is 0 Å². The Balaban J connectivity index is 2.92. The Morgan fingerprint density at radius 1 is 1.40 bits per heavy atom. The van der Waals surface area contributed by atoms with Crippen LogP contribution in [0.5, 0.6) is 0 Å². The van der Waals surface area contributed by atoms with Gasteiger partial charge in [0.2, 0.25) is 0 Å². The number of rotatable bonds is 6. The molecular formula is C16H26N2O2. The standard InChI is InChI=1S/C16H26N2O2/c1-6-20-15(19)13-9-12(17)7-8-14(13)18-10-16(4,5)11(2)3/h7-9,11,18H,6,10,17H2,1-5H3. The van der Waals surface area contributed by atoms with Crippen molar-refractivity contribution in [3.05, 3.63) is 23.8 Å². The van der Waals surface area contributed by atoms with Gasteiger partial charge in [-0.05, 0) is 36.5 Å². The van der Waals surface area contributed by atoms with Crippen LogP contribution in [-0.4, -0.2) is 19.1 Å². The molecule has 0 atom stereocenters. The van der Waals surface area contributed by atoms with Crippen LogP contribution >= 0.6 is 0 Å². The normalized spacial score (nSPS) is 11.5. The maximum Gasteiger partial charge on any atom is 0.340 e. The Kier molecular flexibility index (Phi) is 5.43. The molecule has 0 saturated heterocycles. The van der Waals surface area contributed by atoms with Crippen molar-refractivity contribution in [3.63, 3.8) is 0 Å². The summed E-state index contributed by atoms with van der Waals surface area (Å²) in [6.45, 7) is 11.7. The van der Waals surface area contributed by atoms with E-state index in [2.05, 4.69) is 33.0 Å². The molecule has 0 amide bonds. The molecule has 4 heteroatoms. The lowest BCUT2D eigenvalue weighted by Gasteiger charge is -2.30. The average Bonchev–Trinajstić information content (AvgIpc) is 2.37. The molecule has 0 bridgehead atoms. The van der Waals surface area contributed by atoms with E-state index in [-0.39, 0.29) is 11.4 Å². The van der Waals surface area contributed by atoms with Crippen LogP contribution in [0.2, 0.25) is 0 Å². The van der Waals surface area contributed by atoms with Gasteiger partial charge >= 0.3 is 5.97 Å². The molecular weight excluding hydrogens is 252 g/mol. The smallest absolute Gasteiger partial charge is 0.340 e. The van der Waals surface area contributed by atoms with E-state index in [0.717, 1.165) is 12.2 Å². The van der Waals surface area contributed by atoms with Crippen molar-refractivity contribution in [3.8, 4) is 0 Å². The molecule has 4 nitrogen and oxygen atoms in total. The van der Waals surface area contributed by atoms with Crippen molar-refractivity contribution >= 4 is 17.3 Å². The van der Waals surface area contributed by atoms with Crippen molar-refractivity contribution in [2.24, 2.45) is 11.3 Å². The Morgan fingerprint density at radius 3 is 2.60 bits per heavy atom. The van der Waals surface area contributed by atoms with Gasteiger partial charge < -0.3 is 15.8 Å². The van der Waals surface area contributed by atoms with Crippen LogP contribution in [0.15, 0.2) is 18.2 Å². The van der Waals surface area contributed by atoms with Gasteiger partial charge in [-0.2, -0.15) is 0 Å². The first-order valence-corrected chi connectivity index (χ1v) is 7.08. The Hall–Kier alpha value is -1.71. The highest BCUT2D eigenvalue weighted by molar-refractivity contribution is 5.96. The second-order valence-corrected chi connectivity index (χ2v) is 6.02. The van der Waals surface area contributed by atoms with E-state index in [4.69, 9.17) is 10.5 Å². The molecule has 0 unspecified atom stereocenters. The van der Waals surface area contributed by atoms with Gasteiger partial charge in [0.05, 0.1) is 12.2 Å². The summed E-state index contributed by atoms with van der Waals surface area (Å²) in [5.74, 6) is 0.194. The number of ether oxygens (including phenoxy) is 1. The lowest BCUT2D eigenvalue weighted by atomic mass is 9.81. The molecule has 20 heavy (non-hydrogen) atoms. The van der Waals surface area contributed by atoms with Gasteiger partial charge in [-0.1, -0.05) is 27.7 Å². The molecule has 0 aliphatic heterocycles. The highest BCUT2D eigenvalue weighted by atomic mass is 16.5. The molecule has 3 N–H and O–H groups in total. The van der Waals surface area contributed by atoms with Crippen molar-refractivity contribution in [1.82, 2.24) is 0 Å². The predicted molar refractivity (Wildman–Crippen MR) is 83.9 cm³/mol. The van der Waals surface area contributed by atoms with Crippen LogP contribution in [0.1, 0.15) is 45.0 Å². The van der Waals surface area contributed by atoms with Crippen molar-refractivity contribution < 1.29 is 9.53 Å². The molecule has 0 heterocycles. The summed E-state index contributed by atoms with van der Waals surface area (Å²) in [4.78, 5) is 12.0. The van der Waals surface area contributed by atoms with E-state index < -0.39 is 0 Å². The van der Waals surface area contributed by atoms with Crippen LogP contribution in [0.4, 0.5) is 11.4 Å². The SMILES string of the molecule is CCOC(=O)c1cc(N)ccc1NCC(C)(C)C(C)C. The number of hydrogen-bond acceptors (Lipinski definition) is 4. The molecule has 112 valence electrons. The molecule has 0 radical (unpaired) electrons. The van der Waals surface area contributed by atoms with E-state index >= 15 is 0 Å². The number of nitrogen functional groups attached to an aromatic ring is 1.